The molecular weight excluding hydrogens is 217 g/mol. The Hall–Kier alpha value is -0.930. The summed E-state index contributed by atoms with van der Waals surface area (Å²) in [5, 5.41) is 3.39. The number of rotatable bonds is 6. The summed E-state index contributed by atoms with van der Waals surface area (Å²) in [7, 11) is 0. The van der Waals surface area contributed by atoms with Crippen molar-refractivity contribution in [2.75, 3.05) is 13.2 Å². The molecule has 0 radical (unpaired) electrons. The van der Waals surface area contributed by atoms with Crippen LogP contribution in [0.25, 0.3) is 0 Å². The molecule has 17 heavy (non-hydrogen) atoms. The smallest absolute Gasteiger partial charge is 0.126 e. The fourth-order valence-corrected chi connectivity index (χ4v) is 1.74. The van der Waals surface area contributed by atoms with Crippen LogP contribution in [0.15, 0.2) is 18.2 Å². The van der Waals surface area contributed by atoms with E-state index in [4.69, 9.17) is 4.74 Å². The van der Waals surface area contributed by atoms with E-state index in [1.54, 1.807) is 13.0 Å². The topological polar surface area (TPSA) is 21.3 Å². The summed E-state index contributed by atoms with van der Waals surface area (Å²) in [5.74, 6) is -0.145. The molecule has 3 heteroatoms. The molecule has 0 aliphatic rings. The van der Waals surface area contributed by atoms with Gasteiger partial charge in [-0.25, -0.2) is 4.39 Å². The molecule has 2 atom stereocenters. The van der Waals surface area contributed by atoms with E-state index in [0.717, 1.165) is 12.2 Å². The maximum absolute atomic E-state index is 13.4. The Balaban J connectivity index is 2.57. The minimum atomic E-state index is -0.145. The van der Waals surface area contributed by atoms with E-state index in [2.05, 4.69) is 12.2 Å². The van der Waals surface area contributed by atoms with E-state index in [0.29, 0.717) is 12.2 Å². The van der Waals surface area contributed by atoms with Gasteiger partial charge in [-0.05, 0) is 44.9 Å². The second-order valence-corrected chi connectivity index (χ2v) is 4.46. The molecule has 1 rings (SSSR count). The Kier molecular flexibility index (Phi) is 5.59. The Morgan fingerprint density at radius 1 is 1.35 bits per heavy atom. The first kappa shape index (κ1) is 14.1. The van der Waals surface area contributed by atoms with Gasteiger partial charge in [-0.1, -0.05) is 12.1 Å². The van der Waals surface area contributed by atoms with E-state index in [1.165, 1.54) is 0 Å². The zero-order chi connectivity index (χ0) is 12.8. The van der Waals surface area contributed by atoms with E-state index in [-0.39, 0.29) is 17.9 Å². The summed E-state index contributed by atoms with van der Waals surface area (Å²) >= 11 is 0. The summed E-state index contributed by atoms with van der Waals surface area (Å²) in [6.07, 6.45) is 0. The van der Waals surface area contributed by atoms with Crippen LogP contribution >= 0.6 is 0 Å². The van der Waals surface area contributed by atoms with Crippen molar-refractivity contribution in [3.63, 3.8) is 0 Å². The summed E-state index contributed by atoms with van der Waals surface area (Å²) < 4.78 is 18.8. The number of aryl methyl sites for hydroxylation is 1. The summed E-state index contributed by atoms with van der Waals surface area (Å²) in [6.45, 7) is 9.25. The van der Waals surface area contributed by atoms with Crippen molar-refractivity contribution in [2.45, 2.75) is 39.8 Å². The van der Waals surface area contributed by atoms with Gasteiger partial charge in [-0.2, -0.15) is 0 Å². The molecule has 1 N–H and O–H groups in total. The van der Waals surface area contributed by atoms with Crippen molar-refractivity contribution in [1.82, 2.24) is 5.32 Å². The molecule has 0 bridgehead atoms. The second kappa shape index (κ2) is 6.72. The molecule has 0 aliphatic heterocycles. The maximum Gasteiger partial charge on any atom is 0.126 e. The van der Waals surface area contributed by atoms with Gasteiger partial charge in [0.1, 0.15) is 5.82 Å². The van der Waals surface area contributed by atoms with Gasteiger partial charge < -0.3 is 10.1 Å². The first-order valence-electron chi connectivity index (χ1n) is 6.14. The van der Waals surface area contributed by atoms with Crippen LogP contribution in [-0.4, -0.2) is 19.3 Å². The lowest BCUT2D eigenvalue weighted by molar-refractivity contribution is 0.124. The van der Waals surface area contributed by atoms with E-state index in [9.17, 15) is 4.39 Å². The highest BCUT2D eigenvalue weighted by Crippen LogP contribution is 2.16. The molecule has 1 aromatic rings. The monoisotopic (exact) mass is 239 g/mol. The normalized spacial score (nSPS) is 14.6. The second-order valence-electron chi connectivity index (χ2n) is 4.46. The van der Waals surface area contributed by atoms with Crippen LogP contribution in [0, 0.1) is 12.7 Å². The highest BCUT2D eigenvalue weighted by Gasteiger charge is 2.10. The zero-order valence-electron chi connectivity index (χ0n) is 11.1. The average molecular weight is 239 g/mol. The standard InChI is InChI=1S/C14H22FNO/c1-5-17-9-11(3)16-12(4)13-7-6-10(2)14(15)8-13/h6-8,11-12,16H,5,9H2,1-4H3. The fraction of sp³-hybridized carbons (Fsp3) is 0.571. The highest BCUT2D eigenvalue weighted by atomic mass is 19.1. The van der Waals surface area contributed by atoms with Crippen LogP contribution in [0.3, 0.4) is 0 Å². The van der Waals surface area contributed by atoms with Gasteiger partial charge >= 0.3 is 0 Å². The van der Waals surface area contributed by atoms with Crippen LogP contribution in [0.2, 0.25) is 0 Å². The lowest BCUT2D eigenvalue weighted by Crippen LogP contribution is -2.32. The van der Waals surface area contributed by atoms with Crippen LogP contribution in [0.1, 0.15) is 37.9 Å². The number of halogens is 1. The van der Waals surface area contributed by atoms with E-state index < -0.39 is 0 Å². The van der Waals surface area contributed by atoms with Crippen molar-refractivity contribution in [2.24, 2.45) is 0 Å². The van der Waals surface area contributed by atoms with Crippen LogP contribution in [0.5, 0.6) is 0 Å². The molecular formula is C14H22FNO. The van der Waals surface area contributed by atoms with Crippen molar-refractivity contribution in [3.05, 3.63) is 35.1 Å². The predicted octanol–water partition coefficient (Wildman–Crippen LogP) is 3.21. The fourth-order valence-electron chi connectivity index (χ4n) is 1.74. The quantitative estimate of drug-likeness (QED) is 0.823. The van der Waals surface area contributed by atoms with Crippen molar-refractivity contribution in [1.29, 1.82) is 0 Å². The number of hydrogen-bond acceptors (Lipinski definition) is 2. The van der Waals surface area contributed by atoms with E-state index in [1.807, 2.05) is 26.0 Å². The van der Waals surface area contributed by atoms with Gasteiger partial charge in [0.15, 0.2) is 0 Å². The van der Waals surface area contributed by atoms with Crippen molar-refractivity contribution >= 4 is 0 Å². The number of benzene rings is 1. The molecule has 2 nitrogen and oxygen atoms in total. The SMILES string of the molecule is CCOCC(C)NC(C)c1ccc(C)c(F)c1. The van der Waals surface area contributed by atoms with Gasteiger partial charge in [0, 0.05) is 18.7 Å². The van der Waals surface area contributed by atoms with Gasteiger partial charge in [0.25, 0.3) is 0 Å². The lowest BCUT2D eigenvalue weighted by Gasteiger charge is -2.20. The molecule has 96 valence electrons. The Labute approximate surface area is 103 Å². The van der Waals surface area contributed by atoms with Gasteiger partial charge in [0.05, 0.1) is 6.61 Å². The van der Waals surface area contributed by atoms with Crippen LogP contribution in [-0.2, 0) is 4.74 Å². The Morgan fingerprint density at radius 2 is 2.06 bits per heavy atom. The molecule has 0 fully saturated rings. The molecule has 0 saturated carbocycles. The Morgan fingerprint density at radius 3 is 2.65 bits per heavy atom. The molecule has 0 heterocycles. The number of ether oxygens (including phenoxy) is 1. The summed E-state index contributed by atoms with van der Waals surface area (Å²) in [4.78, 5) is 0. The Bertz CT molecular complexity index is 354. The predicted molar refractivity (Wildman–Crippen MR) is 68.6 cm³/mol. The molecule has 0 spiro atoms. The number of nitrogens with one attached hydrogen (secondary N) is 1. The zero-order valence-corrected chi connectivity index (χ0v) is 11.1. The van der Waals surface area contributed by atoms with Gasteiger partial charge in [-0.15, -0.1) is 0 Å². The molecule has 1 aromatic carbocycles. The molecule has 0 aromatic heterocycles. The minimum absolute atomic E-state index is 0.126. The minimum Gasteiger partial charge on any atom is -0.380 e. The summed E-state index contributed by atoms with van der Waals surface area (Å²) in [6, 6.07) is 5.76. The third kappa shape index (κ3) is 4.44. The van der Waals surface area contributed by atoms with Crippen molar-refractivity contribution in [3.8, 4) is 0 Å². The number of hydrogen-bond donors (Lipinski definition) is 1. The molecule has 2 unspecified atom stereocenters. The van der Waals surface area contributed by atoms with Gasteiger partial charge in [0.2, 0.25) is 0 Å². The maximum atomic E-state index is 13.4. The first-order chi connectivity index (χ1) is 8.04. The molecule has 0 saturated heterocycles. The highest BCUT2D eigenvalue weighted by molar-refractivity contribution is 5.25. The average Bonchev–Trinajstić information content (AvgIpc) is 2.30. The largest absolute Gasteiger partial charge is 0.380 e. The summed E-state index contributed by atoms with van der Waals surface area (Å²) in [5.41, 5.74) is 1.65. The lowest BCUT2D eigenvalue weighted by atomic mass is 10.1. The van der Waals surface area contributed by atoms with Crippen LogP contribution < -0.4 is 5.32 Å². The van der Waals surface area contributed by atoms with Gasteiger partial charge in [-0.3, -0.25) is 0 Å². The third-order valence-corrected chi connectivity index (χ3v) is 2.80. The third-order valence-electron chi connectivity index (χ3n) is 2.80. The molecule has 0 aliphatic carbocycles. The first-order valence-corrected chi connectivity index (χ1v) is 6.14. The van der Waals surface area contributed by atoms with E-state index >= 15 is 0 Å². The molecule has 0 amide bonds. The van der Waals surface area contributed by atoms with Crippen LogP contribution in [0.4, 0.5) is 4.39 Å². The van der Waals surface area contributed by atoms with Crippen molar-refractivity contribution < 1.29 is 9.13 Å².